The highest BCUT2D eigenvalue weighted by molar-refractivity contribution is 7.89. The third-order valence-corrected chi connectivity index (χ3v) is 6.93. The first kappa shape index (κ1) is 22.0. The number of hydrogen-bond acceptors (Lipinski definition) is 6. The van der Waals surface area contributed by atoms with Gasteiger partial charge in [0.2, 0.25) is 10.0 Å². The number of rotatable bonds is 8. The Balaban J connectivity index is 1.53. The Labute approximate surface area is 186 Å². The lowest BCUT2D eigenvalue weighted by molar-refractivity contribution is 0.102. The van der Waals surface area contributed by atoms with Crippen LogP contribution < -0.4 is 14.8 Å². The first-order chi connectivity index (χ1) is 15.4. The van der Waals surface area contributed by atoms with Crippen LogP contribution in [0.5, 0.6) is 5.75 Å². The molecule has 0 bridgehead atoms. The van der Waals surface area contributed by atoms with E-state index in [1.54, 1.807) is 23.1 Å². The number of amides is 1. The van der Waals surface area contributed by atoms with Gasteiger partial charge in [-0.15, -0.1) is 0 Å². The zero-order chi connectivity index (χ0) is 22.6. The minimum absolute atomic E-state index is 0.0421. The van der Waals surface area contributed by atoms with E-state index in [0.717, 1.165) is 31.2 Å². The van der Waals surface area contributed by atoms with Crippen molar-refractivity contribution in [2.75, 3.05) is 12.4 Å². The van der Waals surface area contributed by atoms with E-state index in [-0.39, 0.29) is 22.3 Å². The number of carbonyl (C=O) groups excluding carboxylic acids is 1. The lowest BCUT2D eigenvalue weighted by Gasteiger charge is -2.16. The van der Waals surface area contributed by atoms with E-state index in [1.165, 1.54) is 25.6 Å². The zero-order valence-corrected chi connectivity index (χ0v) is 18.5. The molecule has 3 aromatic rings. The summed E-state index contributed by atoms with van der Waals surface area (Å²) in [5.41, 5.74) is 1.75. The van der Waals surface area contributed by atoms with Crippen molar-refractivity contribution in [1.82, 2.24) is 19.5 Å². The predicted molar refractivity (Wildman–Crippen MR) is 119 cm³/mol. The highest BCUT2D eigenvalue weighted by Gasteiger charge is 2.26. The van der Waals surface area contributed by atoms with Gasteiger partial charge in [0.05, 0.1) is 13.7 Å². The average Bonchev–Trinajstić information content (AvgIpc) is 3.47. The fourth-order valence-electron chi connectivity index (χ4n) is 3.81. The lowest BCUT2D eigenvalue weighted by atomic mass is 10.1. The van der Waals surface area contributed by atoms with Gasteiger partial charge in [-0.05, 0) is 48.7 Å². The fraction of sp³-hybridized carbons (Fsp3) is 0.318. The van der Waals surface area contributed by atoms with Crippen LogP contribution in [0, 0.1) is 0 Å². The van der Waals surface area contributed by atoms with Crippen molar-refractivity contribution in [1.29, 1.82) is 0 Å². The van der Waals surface area contributed by atoms with Gasteiger partial charge in [-0.3, -0.25) is 4.79 Å². The SMILES string of the molecule is COc1ccc(C(=O)Nc2cccc(Cn3cncn3)c2)cc1S(=O)(=O)NC1CCCC1. The van der Waals surface area contributed by atoms with Gasteiger partial charge < -0.3 is 10.1 Å². The van der Waals surface area contributed by atoms with Gasteiger partial charge >= 0.3 is 0 Å². The Kier molecular flexibility index (Phi) is 6.52. The maximum atomic E-state index is 13.0. The molecule has 0 spiro atoms. The highest BCUT2D eigenvalue weighted by atomic mass is 32.2. The van der Waals surface area contributed by atoms with Crippen LogP contribution in [0.15, 0.2) is 60.0 Å². The van der Waals surface area contributed by atoms with Gasteiger partial charge in [-0.25, -0.2) is 22.8 Å². The summed E-state index contributed by atoms with van der Waals surface area (Å²) in [5.74, 6) is -0.218. The number of aromatic nitrogens is 3. The fourth-order valence-corrected chi connectivity index (χ4v) is 5.31. The summed E-state index contributed by atoms with van der Waals surface area (Å²) < 4.78 is 35.6. The summed E-state index contributed by atoms with van der Waals surface area (Å²) in [7, 11) is -2.41. The van der Waals surface area contributed by atoms with Gasteiger partial charge in [0, 0.05) is 17.3 Å². The molecule has 4 rings (SSSR count). The summed E-state index contributed by atoms with van der Waals surface area (Å²) in [6.07, 6.45) is 6.71. The van der Waals surface area contributed by atoms with E-state index in [0.29, 0.717) is 12.2 Å². The molecule has 1 amide bonds. The molecule has 1 fully saturated rings. The molecule has 2 aromatic carbocycles. The third kappa shape index (κ3) is 5.14. The molecule has 1 saturated carbocycles. The molecule has 32 heavy (non-hydrogen) atoms. The molecule has 10 heteroatoms. The second-order valence-corrected chi connectivity index (χ2v) is 9.40. The summed E-state index contributed by atoms with van der Waals surface area (Å²) in [5, 5.41) is 6.91. The standard InChI is InChI=1S/C22H25N5O4S/c1-31-20-10-9-17(12-21(20)32(29,30)26-18-6-2-3-7-18)22(28)25-19-8-4-5-16(11-19)13-27-15-23-14-24-27/h4-5,8-12,14-15,18,26H,2-3,6-7,13H2,1H3,(H,25,28). The van der Waals surface area contributed by atoms with Gasteiger partial charge in [-0.2, -0.15) is 5.10 Å². The zero-order valence-electron chi connectivity index (χ0n) is 17.7. The summed E-state index contributed by atoms with van der Waals surface area (Å²) in [6, 6.07) is 11.7. The van der Waals surface area contributed by atoms with Crippen LogP contribution in [-0.4, -0.2) is 42.2 Å². The third-order valence-electron chi connectivity index (χ3n) is 5.39. The minimum Gasteiger partial charge on any atom is -0.495 e. The smallest absolute Gasteiger partial charge is 0.255 e. The molecule has 0 aliphatic heterocycles. The largest absolute Gasteiger partial charge is 0.495 e. The maximum Gasteiger partial charge on any atom is 0.255 e. The molecule has 0 saturated heterocycles. The normalized spacial score (nSPS) is 14.4. The highest BCUT2D eigenvalue weighted by Crippen LogP contribution is 2.27. The number of benzene rings is 2. The van der Waals surface area contributed by atoms with E-state index in [2.05, 4.69) is 20.1 Å². The van der Waals surface area contributed by atoms with E-state index in [9.17, 15) is 13.2 Å². The molecule has 0 unspecified atom stereocenters. The van der Waals surface area contributed by atoms with Crippen LogP contribution in [0.4, 0.5) is 5.69 Å². The van der Waals surface area contributed by atoms with Gasteiger partial charge in [0.1, 0.15) is 23.3 Å². The van der Waals surface area contributed by atoms with Crippen LogP contribution in [0.3, 0.4) is 0 Å². The number of carbonyl (C=O) groups is 1. The molecule has 0 radical (unpaired) electrons. The van der Waals surface area contributed by atoms with E-state index in [1.807, 2.05) is 18.2 Å². The Bertz CT molecular complexity index is 1190. The quantitative estimate of drug-likeness (QED) is 0.540. The van der Waals surface area contributed by atoms with Gasteiger partial charge in [-0.1, -0.05) is 25.0 Å². The average molecular weight is 456 g/mol. The van der Waals surface area contributed by atoms with Crippen LogP contribution >= 0.6 is 0 Å². The molecule has 1 aliphatic carbocycles. The van der Waals surface area contributed by atoms with E-state index < -0.39 is 15.9 Å². The molecule has 0 atom stereocenters. The number of methoxy groups -OCH3 is 1. The number of anilines is 1. The molecular formula is C22H25N5O4S. The van der Waals surface area contributed by atoms with E-state index in [4.69, 9.17) is 4.74 Å². The summed E-state index contributed by atoms with van der Waals surface area (Å²) >= 11 is 0. The molecule has 2 N–H and O–H groups in total. The van der Waals surface area contributed by atoms with Crippen LogP contribution in [0.1, 0.15) is 41.6 Å². The van der Waals surface area contributed by atoms with Crippen LogP contribution in [0.25, 0.3) is 0 Å². The Hall–Kier alpha value is -3.24. The van der Waals surface area contributed by atoms with Crippen molar-refractivity contribution >= 4 is 21.6 Å². The first-order valence-corrected chi connectivity index (χ1v) is 11.9. The van der Waals surface area contributed by atoms with E-state index >= 15 is 0 Å². The Morgan fingerprint density at radius 2 is 2.00 bits per heavy atom. The molecule has 9 nitrogen and oxygen atoms in total. The Morgan fingerprint density at radius 1 is 1.19 bits per heavy atom. The summed E-state index contributed by atoms with van der Waals surface area (Å²) in [4.78, 5) is 16.7. The van der Waals surface area contributed by atoms with Gasteiger partial charge in [0.25, 0.3) is 5.91 Å². The number of ether oxygens (including phenoxy) is 1. The molecule has 1 aliphatic rings. The first-order valence-electron chi connectivity index (χ1n) is 10.4. The monoisotopic (exact) mass is 455 g/mol. The Morgan fingerprint density at radius 3 is 2.72 bits per heavy atom. The molecule has 1 aromatic heterocycles. The number of nitrogens with zero attached hydrogens (tertiary/aromatic N) is 3. The van der Waals surface area contributed by atoms with Crippen molar-refractivity contribution in [3.8, 4) is 5.75 Å². The van der Waals surface area contributed by atoms with Crippen LogP contribution in [0.2, 0.25) is 0 Å². The minimum atomic E-state index is -3.82. The van der Waals surface area contributed by atoms with Crippen molar-refractivity contribution in [3.63, 3.8) is 0 Å². The van der Waals surface area contributed by atoms with Crippen LogP contribution in [-0.2, 0) is 16.6 Å². The van der Waals surface area contributed by atoms with Crippen molar-refractivity contribution in [2.24, 2.45) is 0 Å². The molecule has 1 heterocycles. The van der Waals surface area contributed by atoms with Crippen molar-refractivity contribution in [3.05, 3.63) is 66.2 Å². The van der Waals surface area contributed by atoms with Crippen molar-refractivity contribution < 1.29 is 17.9 Å². The second kappa shape index (κ2) is 9.49. The number of nitrogens with one attached hydrogen (secondary N) is 2. The summed E-state index contributed by atoms with van der Waals surface area (Å²) in [6.45, 7) is 0.515. The van der Waals surface area contributed by atoms with Gasteiger partial charge in [0.15, 0.2) is 0 Å². The number of sulfonamides is 1. The predicted octanol–water partition coefficient (Wildman–Crippen LogP) is 2.81. The molecular weight excluding hydrogens is 430 g/mol. The lowest BCUT2D eigenvalue weighted by Crippen LogP contribution is -2.33. The van der Waals surface area contributed by atoms with Crippen molar-refractivity contribution in [2.45, 2.75) is 43.2 Å². The number of hydrogen-bond donors (Lipinski definition) is 2. The maximum absolute atomic E-state index is 13.0. The second-order valence-electron chi connectivity index (χ2n) is 7.72. The topological polar surface area (TPSA) is 115 Å². The molecule has 168 valence electrons.